The van der Waals surface area contributed by atoms with E-state index >= 15 is 0 Å². The van der Waals surface area contributed by atoms with E-state index in [1.54, 1.807) is 0 Å². The highest BCUT2D eigenvalue weighted by atomic mass is 16.5. The molecule has 0 saturated heterocycles. The van der Waals surface area contributed by atoms with Crippen LogP contribution in [0.3, 0.4) is 0 Å². The van der Waals surface area contributed by atoms with Gasteiger partial charge < -0.3 is 9.47 Å². The fourth-order valence-electron chi connectivity index (χ4n) is 2.54. The second kappa shape index (κ2) is 20.2. The van der Waals surface area contributed by atoms with Gasteiger partial charge in [-0.05, 0) is 25.7 Å². The summed E-state index contributed by atoms with van der Waals surface area (Å²) in [5, 5.41) is 0. The second-order valence-electron chi connectivity index (χ2n) is 6.42. The summed E-state index contributed by atoms with van der Waals surface area (Å²) >= 11 is 0. The Morgan fingerprint density at radius 1 is 0.556 bits per heavy atom. The Labute approximate surface area is 161 Å². The van der Waals surface area contributed by atoms with Crippen molar-refractivity contribution in [2.24, 2.45) is 0 Å². The van der Waals surface area contributed by atoms with Crippen LogP contribution in [0.15, 0.2) is 0 Å². The Hall–Kier alpha value is -2.12. The number of hydrogen-bond donors (Lipinski definition) is 2. The van der Waals surface area contributed by atoms with Crippen LogP contribution in [0.25, 0.3) is 0 Å². The quantitative estimate of drug-likeness (QED) is 0.200. The van der Waals surface area contributed by atoms with Crippen molar-refractivity contribution in [1.82, 2.24) is 10.9 Å². The van der Waals surface area contributed by atoms with Crippen LogP contribution >= 0.6 is 0 Å². The summed E-state index contributed by atoms with van der Waals surface area (Å²) in [4.78, 5) is 43.2. The summed E-state index contributed by atoms with van der Waals surface area (Å²) in [6.45, 7) is 1.84. The maximum atomic E-state index is 11.6. The van der Waals surface area contributed by atoms with E-state index < -0.39 is 0 Å². The van der Waals surface area contributed by atoms with Crippen molar-refractivity contribution in [3.63, 3.8) is 0 Å². The molecule has 8 heteroatoms. The van der Waals surface area contributed by atoms with E-state index in [4.69, 9.17) is 0 Å². The van der Waals surface area contributed by atoms with Crippen LogP contribution in [-0.2, 0) is 28.7 Å². The second-order valence-corrected chi connectivity index (χ2v) is 6.42. The van der Waals surface area contributed by atoms with Gasteiger partial charge in [-0.3, -0.25) is 30.0 Å². The number of carbonyl (C=O) groups is 4. The molecular weight excluding hydrogens is 352 g/mol. The van der Waals surface area contributed by atoms with E-state index in [1.165, 1.54) is 0 Å². The SMILES string of the molecule is O=COCCCCCCCCC(=O)NNC(=O)CCCCCCCOC=O. The largest absolute Gasteiger partial charge is 0.468 e. The molecule has 156 valence electrons. The Morgan fingerprint density at radius 2 is 0.889 bits per heavy atom. The smallest absolute Gasteiger partial charge is 0.293 e. The van der Waals surface area contributed by atoms with Gasteiger partial charge in [0, 0.05) is 12.8 Å². The van der Waals surface area contributed by atoms with Gasteiger partial charge in [-0.15, -0.1) is 0 Å². The number of hydrogen-bond acceptors (Lipinski definition) is 6. The molecule has 0 radical (unpaired) electrons. The zero-order valence-corrected chi connectivity index (χ0v) is 16.2. The number of hydrazine groups is 1. The lowest BCUT2D eigenvalue weighted by Crippen LogP contribution is -2.41. The van der Waals surface area contributed by atoms with Crippen LogP contribution < -0.4 is 10.9 Å². The number of unbranched alkanes of at least 4 members (excludes halogenated alkanes) is 9. The van der Waals surface area contributed by atoms with Crippen molar-refractivity contribution < 1.29 is 28.7 Å². The molecule has 8 nitrogen and oxygen atoms in total. The summed E-state index contributed by atoms with van der Waals surface area (Å²) < 4.78 is 9.21. The van der Waals surface area contributed by atoms with Crippen molar-refractivity contribution in [1.29, 1.82) is 0 Å². The van der Waals surface area contributed by atoms with Gasteiger partial charge in [0.2, 0.25) is 11.8 Å². The standard InChI is InChI=1S/C19H34N2O6/c22-16-26-14-10-6-2-1-4-8-12-18(24)20-21-19(25)13-9-5-3-7-11-15-27-17-23/h16-17H,1-15H2,(H,20,24)(H,21,25). The monoisotopic (exact) mass is 386 g/mol. The van der Waals surface area contributed by atoms with E-state index in [0.29, 0.717) is 39.0 Å². The van der Waals surface area contributed by atoms with Crippen LogP contribution in [0.1, 0.15) is 83.5 Å². The van der Waals surface area contributed by atoms with E-state index in [1.807, 2.05) is 0 Å². The highest BCUT2D eigenvalue weighted by Gasteiger charge is 2.04. The van der Waals surface area contributed by atoms with Crippen molar-refractivity contribution in [2.45, 2.75) is 83.5 Å². The maximum absolute atomic E-state index is 11.6. The van der Waals surface area contributed by atoms with Crippen LogP contribution in [0.5, 0.6) is 0 Å². The molecule has 0 aromatic heterocycles. The van der Waals surface area contributed by atoms with Gasteiger partial charge in [0.1, 0.15) is 0 Å². The molecule has 2 N–H and O–H groups in total. The topological polar surface area (TPSA) is 111 Å². The first-order valence-corrected chi connectivity index (χ1v) is 9.89. The van der Waals surface area contributed by atoms with Gasteiger partial charge in [0.15, 0.2) is 0 Å². The van der Waals surface area contributed by atoms with E-state index in [2.05, 4.69) is 20.3 Å². The van der Waals surface area contributed by atoms with Gasteiger partial charge in [-0.1, -0.05) is 44.9 Å². The molecule has 0 rings (SSSR count). The van der Waals surface area contributed by atoms with E-state index in [9.17, 15) is 19.2 Å². The molecule has 0 aromatic carbocycles. The average molecular weight is 386 g/mol. The molecule has 0 aliphatic carbocycles. The van der Waals surface area contributed by atoms with E-state index in [-0.39, 0.29) is 11.8 Å². The van der Waals surface area contributed by atoms with Crippen LogP contribution in [-0.4, -0.2) is 38.0 Å². The third-order valence-electron chi connectivity index (χ3n) is 4.06. The molecule has 0 atom stereocenters. The van der Waals surface area contributed by atoms with Crippen LogP contribution in [0.4, 0.5) is 0 Å². The average Bonchev–Trinajstić information content (AvgIpc) is 2.67. The van der Waals surface area contributed by atoms with Crippen LogP contribution in [0, 0.1) is 0 Å². The Kier molecular flexibility index (Phi) is 18.6. The molecular formula is C19H34N2O6. The Balaban J connectivity index is 3.34. The number of ether oxygens (including phenoxy) is 2. The van der Waals surface area contributed by atoms with Crippen molar-refractivity contribution >= 4 is 24.8 Å². The molecule has 2 amide bonds. The fourth-order valence-corrected chi connectivity index (χ4v) is 2.54. The Bertz CT molecular complexity index is 404. The molecule has 0 spiro atoms. The lowest BCUT2D eigenvalue weighted by molar-refractivity contribution is -0.129. The lowest BCUT2D eigenvalue weighted by Gasteiger charge is -2.07. The number of amides is 2. The minimum absolute atomic E-state index is 0.169. The highest BCUT2D eigenvalue weighted by molar-refractivity contribution is 5.81. The first-order valence-electron chi connectivity index (χ1n) is 9.89. The summed E-state index contributed by atoms with van der Waals surface area (Å²) in [6, 6.07) is 0. The predicted molar refractivity (Wildman–Crippen MR) is 100 cm³/mol. The van der Waals surface area contributed by atoms with Gasteiger partial charge >= 0.3 is 0 Å². The van der Waals surface area contributed by atoms with Crippen molar-refractivity contribution in [2.75, 3.05) is 13.2 Å². The normalized spacial score (nSPS) is 10.1. The molecule has 0 aliphatic heterocycles. The fraction of sp³-hybridized carbons (Fsp3) is 0.789. The van der Waals surface area contributed by atoms with Gasteiger partial charge in [0.05, 0.1) is 13.2 Å². The zero-order chi connectivity index (χ0) is 20.0. The number of carbonyl (C=O) groups excluding carboxylic acids is 4. The summed E-state index contributed by atoms with van der Waals surface area (Å²) in [6.07, 6.45) is 11.1. The third kappa shape index (κ3) is 20.0. The van der Waals surface area contributed by atoms with Gasteiger partial charge in [0.25, 0.3) is 12.9 Å². The summed E-state index contributed by atoms with van der Waals surface area (Å²) in [5.74, 6) is -0.344. The molecule has 0 unspecified atom stereocenters. The Morgan fingerprint density at radius 3 is 1.26 bits per heavy atom. The highest BCUT2D eigenvalue weighted by Crippen LogP contribution is 2.07. The molecule has 27 heavy (non-hydrogen) atoms. The lowest BCUT2D eigenvalue weighted by atomic mass is 10.1. The third-order valence-corrected chi connectivity index (χ3v) is 4.06. The maximum Gasteiger partial charge on any atom is 0.293 e. The first kappa shape index (κ1) is 24.9. The minimum Gasteiger partial charge on any atom is -0.468 e. The molecule has 0 heterocycles. The van der Waals surface area contributed by atoms with Crippen LogP contribution in [0.2, 0.25) is 0 Å². The number of nitrogens with one attached hydrogen (secondary N) is 2. The zero-order valence-electron chi connectivity index (χ0n) is 16.2. The summed E-state index contributed by atoms with van der Waals surface area (Å²) in [7, 11) is 0. The predicted octanol–water partition coefficient (Wildman–Crippen LogP) is 2.55. The van der Waals surface area contributed by atoms with Gasteiger partial charge in [-0.2, -0.15) is 0 Å². The van der Waals surface area contributed by atoms with Gasteiger partial charge in [-0.25, -0.2) is 0 Å². The number of rotatable bonds is 19. The van der Waals surface area contributed by atoms with Crippen molar-refractivity contribution in [3.05, 3.63) is 0 Å². The molecule has 0 aromatic rings. The minimum atomic E-state index is -0.176. The first-order chi connectivity index (χ1) is 13.2. The van der Waals surface area contributed by atoms with E-state index in [0.717, 1.165) is 70.6 Å². The van der Waals surface area contributed by atoms with Crippen molar-refractivity contribution in [3.8, 4) is 0 Å². The molecule has 0 fully saturated rings. The molecule has 0 aliphatic rings. The molecule has 0 bridgehead atoms. The molecule has 0 saturated carbocycles. The summed E-state index contributed by atoms with van der Waals surface area (Å²) in [5.41, 5.74) is 4.89.